The zero-order chi connectivity index (χ0) is 8.31. The van der Waals surface area contributed by atoms with Crippen LogP contribution in [0, 0.1) is 0 Å². The van der Waals surface area contributed by atoms with Crippen molar-refractivity contribution in [2.45, 2.75) is 12.1 Å². The number of amides is 1. The fourth-order valence-electron chi connectivity index (χ4n) is 0.359. The van der Waals surface area contributed by atoms with Crippen LogP contribution in [0.1, 0.15) is 0 Å². The molecule has 0 bridgehead atoms. The van der Waals surface area contributed by atoms with E-state index in [1.165, 1.54) is 0 Å². The first-order valence-corrected chi connectivity index (χ1v) is 2.57. The van der Waals surface area contributed by atoms with Crippen LogP contribution in [0.4, 0.5) is 0 Å². The molecule has 58 valence electrons. The average molecular weight is 146 g/mol. The topological polar surface area (TPSA) is 110 Å². The molecule has 0 radical (unpaired) electrons. The van der Waals surface area contributed by atoms with Crippen molar-refractivity contribution < 1.29 is 15.0 Å². The normalized spacial score (nSPS) is 15.8. The summed E-state index contributed by atoms with van der Waals surface area (Å²) in [5.74, 6) is -1.45. The van der Waals surface area contributed by atoms with Crippen molar-refractivity contribution in [2.24, 2.45) is 11.5 Å². The third-order valence-corrected chi connectivity index (χ3v) is 1.02. The number of hydrogen-bond donors (Lipinski definition) is 4. The Morgan fingerprint density at radius 1 is 1.60 bits per heavy atom. The summed E-state index contributed by atoms with van der Waals surface area (Å²) in [4.78, 5) is 10.2. The summed E-state index contributed by atoms with van der Waals surface area (Å²) in [5, 5.41) is 17.3. The molecule has 1 amide bonds. The molecule has 6 N–H and O–H groups in total. The molecule has 0 saturated heterocycles. The van der Waals surface area contributed by atoms with Crippen LogP contribution in [-0.2, 0) is 4.79 Å². The molecule has 2 atom stereocenters. The summed E-state index contributed by atoms with van der Waals surface area (Å²) in [6.07, 6.45) is -1.57. The molecular weight excluding hydrogens is 136 g/mol. The number of hydrogen-bond acceptors (Lipinski definition) is 4. The number of primary amides is 1. The summed E-state index contributed by atoms with van der Waals surface area (Å²) >= 11 is 0. The van der Waals surface area contributed by atoms with Crippen LogP contribution < -0.4 is 11.5 Å². The second-order valence-corrected chi connectivity index (χ2v) is 1.86. The Balaban J connectivity index is 4.07. The van der Waals surface area contributed by atoms with Crippen LogP contribution >= 0.6 is 0 Å². The highest BCUT2D eigenvalue weighted by molar-refractivity contribution is 5.79. The van der Waals surface area contributed by atoms with Gasteiger partial charge in [-0.25, -0.2) is 0 Å². The summed E-state index contributed by atoms with van der Waals surface area (Å²) in [6.45, 7) is 3.02. The lowest BCUT2D eigenvalue weighted by atomic mass is 10.1. The number of carbonyl (C=O) groups excluding carboxylic acids is 1. The van der Waals surface area contributed by atoms with Gasteiger partial charge in [0.25, 0.3) is 0 Å². The van der Waals surface area contributed by atoms with Crippen molar-refractivity contribution in [1.82, 2.24) is 0 Å². The minimum absolute atomic E-state index is 0.466. The molecule has 0 aromatic heterocycles. The highest BCUT2D eigenvalue weighted by atomic mass is 16.3. The van der Waals surface area contributed by atoms with Gasteiger partial charge in [0.15, 0.2) is 6.10 Å². The highest BCUT2D eigenvalue weighted by Gasteiger charge is 2.22. The first kappa shape index (κ1) is 8.93. The maximum atomic E-state index is 10.2. The van der Waals surface area contributed by atoms with Gasteiger partial charge in [-0.15, -0.1) is 0 Å². The van der Waals surface area contributed by atoms with Gasteiger partial charge in [-0.1, -0.05) is 6.58 Å². The molecule has 10 heavy (non-hydrogen) atoms. The van der Waals surface area contributed by atoms with Gasteiger partial charge in [0.2, 0.25) is 5.91 Å². The molecule has 0 unspecified atom stereocenters. The molecule has 0 aliphatic carbocycles. The Morgan fingerprint density at radius 2 is 2.00 bits per heavy atom. The van der Waals surface area contributed by atoms with Crippen LogP contribution in [0.15, 0.2) is 12.3 Å². The van der Waals surface area contributed by atoms with Gasteiger partial charge in [0.1, 0.15) is 5.76 Å². The number of carbonyl (C=O) groups is 1. The first-order valence-electron chi connectivity index (χ1n) is 2.57. The van der Waals surface area contributed by atoms with Crippen molar-refractivity contribution in [1.29, 1.82) is 0 Å². The third-order valence-electron chi connectivity index (χ3n) is 1.02. The van der Waals surface area contributed by atoms with E-state index in [4.69, 9.17) is 15.9 Å². The van der Waals surface area contributed by atoms with Crippen molar-refractivity contribution >= 4 is 5.91 Å². The largest absolute Gasteiger partial charge is 0.511 e. The average Bonchev–Trinajstić information content (AvgIpc) is 1.84. The molecule has 0 fully saturated rings. The predicted molar refractivity (Wildman–Crippen MR) is 34.9 cm³/mol. The van der Waals surface area contributed by atoms with E-state index in [1.54, 1.807) is 0 Å². The molecule has 0 aromatic carbocycles. The molecule has 0 spiro atoms. The third kappa shape index (κ3) is 2.04. The molecule has 5 nitrogen and oxygen atoms in total. The minimum atomic E-state index is -1.57. The predicted octanol–water partition coefficient (Wildman–Crippen LogP) is -1.77. The molecule has 0 rings (SSSR count). The number of nitrogens with two attached hydrogens (primary N) is 2. The summed E-state index contributed by atoms with van der Waals surface area (Å²) in [6, 6.07) is -1.20. The molecule has 0 aromatic rings. The molecule has 0 saturated carbocycles. The van der Waals surface area contributed by atoms with Crippen LogP contribution in [0.3, 0.4) is 0 Å². The standard InChI is InChI=1S/C5H10N2O3/c1-2(8)3(6)4(9)5(7)10/h3-4,8-9H,1,6H2,(H2,7,10)/t3-,4+/m1/s1. The number of aliphatic hydroxyl groups is 2. The summed E-state index contributed by atoms with van der Waals surface area (Å²) < 4.78 is 0. The lowest BCUT2D eigenvalue weighted by Gasteiger charge is -2.13. The SMILES string of the molecule is C=C(O)[C@@H](N)[C@H](O)C(N)=O. The highest BCUT2D eigenvalue weighted by Crippen LogP contribution is 1.96. The maximum absolute atomic E-state index is 10.2. The Kier molecular flexibility index (Phi) is 2.85. The lowest BCUT2D eigenvalue weighted by molar-refractivity contribution is -0.126. The van der Waals surface area contributed by atoms with Gasteiger partial charge in [-0.3, -0.25) is 4.79 Å². The van der Waals surface area contributed by atoms with Crippen LogP contribution in [0.25, 0.3) is 0 Å². The Morgan fingerprint density at radius 3 is 2.10 bits per heavy atom. The zero-order valence-corrected chi connectivity index (χ0v) is 5.32. The molecular formula is C5H10N2O3. The molecule has 0 heterocycles. The Hall–Kier alpha value is -1.07. The van der Waals surface area contributed by atoms with E-state index in [0.717, 1.165) is 0 Å². The van der Waals surface area contributed by atoms with Crippen molar-refractivity contribution in [3.8, 4) is 0 Å². The molecule has 5 heteroatoms. The van der Waals surface area contributed by atoms with Gasteiger partial charge in [-0.2, -0.15) is 0 Å². The second-order valence-electron chi connectivity index (χ2n) is 1.86. The van der Waals surface area contributed by atoms with Crippen LogP contribution in [0.5, 0.6) is 0 Å². The smallest absolute Gasteiger partial charge is 0.248 e. The monoisotopic (exact) mass is 146 g/mol. The van der Waals surface area contributed by atoms with Gasteiger partial charge in [-0.05, 0) is 0 Å². The Bertz CT molecular complexity index is 139. The van der Waals surface area contributed by atoms with Crippen LogP contribution in [0.2, 0.25) is 0 Å². The van der Waals surface area contributed by atoms with Crippen molar-refractivity contribution in [2.75, 3.05) is 0 Å². The van der Waals surface area contributed by atoms with Gasteiger partial charge >= 0.3 is 0 Å². The lowest BCUT2D eigenvalue weighted by Crippen LogP contribution is -2.44. The van der Waals surface area contributed by atoms with E-state index in [0.29, 0.717) is 0 Å². The Labute approximate surface area is 57.9 Å². The van der Waals surface area contributed by atoms with Gasteiger partial charge in [0, 0.05) is 0 Å². The quantitative estimate of drug-likeness (QED) is 0.353. The van der Waals surface area contributed by atoms with E-state index in [-0.39, 0.29) is 0 Å². The van der Waals surface area contributed by atoms with E-state index in [1.807, 2.05) is 0 Å². The van der Waals surface area contributed by atoms with Crippen molar-refractivity contribution in [3.63, 3.8) is 0 Å². The van der Waals surface area contributed by atoms with Gasteiger partial charge < -0.3 is 21.7 Å². The van der Waals surface area contributed by atoms with E-state index in [2.05, 4.69) is 12.3 Å². The van der Waals surface area contributed by atoms with E-state index in [9.17, 15) is 4.79 Å². The second kappa shape index (κ2) is 3.19. The number of aliphatic hydroxyl groups excluding tert-OH is 2. The molecule has 0 aliphatic heterocycles. The fourth-order valence-corrected chi connectivity index (χ4v) is 0.359. The summed E-state index contributed by atoms with van der Waals surface area (Å²) in [7, 11) is 0. The minimum Gasteiger partial charge on any atom is -0.511 e. The maximum Gasteiger partial charge on any atom is 0.248 e. The van der Waals surface area contributed by atoms with E-state index >= 15 is 0 Å². The van der Waals surface area contributed by atoms with Crippen LogP contribution in [-0.4, -0.2) is 28.3 Å². The first-order chi connectivity index (χ1) is 4.46. The summed E-state index contributed by atoms with van der Waals surface area (Å²) in [5.41, 5.74) is 9.71. The number of rotatable bonds is 3. The van der Waals surface area contributed by atoms with E-state index < -0.39 is 23.8 Å². The zero-order valence-electron chi connectivity index (χ0n) is 5.32. The molecule has 0 aliphatic rings. The van der Waals surface area contributed by atoms with Crippen molar-refractivity contribution in [3.05, 3.63) is 12.3 Å². The fraction of sp³-hybridized carbons (Fsp3) is 0.400. The van der Waals surface area contributed by atoms with Gasteiger partial charge in [0.05, 0.1) is 6.04 Å².